The molecule has 0 saturated carbocycles. The van der Waals surface area contributed by atoms with Crippen LogP contribution in [0.3, 0.4) is 0 Å². The summed E-state index contributed by atoms with van der Waals surface area (Å²) < 4.78 is 0. The maximum atomic E-state index is 9.61. The van der Waals surface area contributed by atoms with Gasteiger partial charge in [-0.3, -0.25) is 5.41 Å². The second-order valence-electron chi connectivity index (χ2n) is 1.93. The van der Waals surface area contributed by atoms with E-state index in [9.17, 15) is 15.0 Å². The molecule has 0 aromatic heterocycles. The van der Waals surface area contributed by atoms with E-state index in [1.807, 2.05) is 5.29 Å². The van der Waals surface area contributed by atoms with Crippen LogP contribution < -0.4 is 16.9 Å². The normalized spacial score (nSPS) is 7.56. The van der Waals surface area contributed by atoms with Crippen molar-refractivity contribution in [1.29, 1.82) is 5.41 Å². The molecule has 0 spiro atoms. The minimum absolute atomic E-state index is 0.315. The molecule has 0 amide bonds. The van der Waals surface area contributed by atoms with E-state index in [0.29, 0.717) is 5.01 Å². The highest BCUT2D eigenvalue weighted by Gasteiger charge is 2.07. The summed E-state index contributed by atoms with van der Waals surface area (Å²) in [6.45, 7) is 0. The van der Waals surface area contributed by atoms with Crippen LogP contribution in [0.2, 0.25) is 0 Å². The zero-order valence-corrected chi connectivity index (χ0v) is 8.02. The molecule has 90 valence electrons. The molecule has 0 aromatic carbocycles. The summed E-state index contributed by atoms with van der Waals surface area (Å²) in [5.41, 5.74) is 10.7. The number of nitro groups is 1. The fourth-order valence-electron chi connectivity index (χ4n) is 0.247. The highest BCUT2D eigenvalue weighted by atomic mass is 16.7. The monoisotopic (exact) mass is 235 g/mol. The first-order chi connectivity index (χ1) is 7.34. The van der Waals surface area contributed by atoms with Crippen molar-refractivity contribution in [2.75, 3.05) is 7.05 Å². The van der Waals surface area contributed by atoms with E-state index in [1.54, 1.807) is 0 Å². The molecule has 6 N–H and O–H groups in total. The van der Waals surface area contributed by atoms with Gasteiger partial charge in [0.2, 0.25) is 5.96 Å². The smallest absolute Gasteiger partial charge is 0.276 e. The number of nitrogens with two attached hydrogens (primary N) is 2. The molecule has 0 unspecified atom stereocenters. The van der Waals surface area contributed by atoms with Crippen LogP contribution in [-0.4, -0.2) is 29.0 Å². The number of guanidine groups is 2. The van der Waals surface area contributed by atoms with Crippen LogP contribution in [0, 0.1) is 25.3 Å². The standard InChI is InChI=1S/C2H5N5O3.CH4N4O/c1-6(5-8)2(3)4-7(9)10;2-1(3)4-5-6/h1H3,(H2,3,4);(H4,2,3,4,6). The van der Waals surface area contributed by atoms with Gasteiger partial charge in [-0.15, -0.1) is 9.81 Å². The molecule has 0 fully saturated rings. The fraction of sp³-hybridized carbons (Fsp3) is 0.333. The van der Waals surface area contributed by atoms with Crippen molar-refractivity contribution in [2.45, 2.75) is 0 Å². The lowest BCUT2D eigenvalue weighted by Crippen LogP contribution is -2.38. The number of nitroso groups, excluding NO2 is 2. The molecule has 0 atom stereocenters. The summed E-state index contributed by atoms with van der Waals surface area (Å²) in [5, 5.41) is 22.8. The number of hydrogen-bond acceptors (Lipinski definition) is 7. The van der Waals surface area contributed by atoms with Gasteiger partial charge in [-0.1, -0.05) is 10.5 Å². The van der Waals surface area contributed by atoms with E-state index in [1.165, 1.54) is 5.43 Å². The van der Waals surface area contributed by atoms with Crippen LogP contribution in [-0.2, 0) is 0 Å². The maximum Gasteiger partial charge on any atom is 0.276 e. The van der Waals surface area contributed by atoms with Crippen molar-refractivity contribution in [3.8, 4) is 0 Å². The Morgan fingerprint density at radius 1 is 1.50 bits per heavy atom. The summed E-state index contributed by atoms with van der Waals surface area (Å²) in [7, 11) is 1.12. The third-order valence-electron chi connectivity index (χ3n) is 0.800. The lowest BCUT2D eigenvalue weighted by Gasteiger charge is -2.04. The molecular formula is C3H9N9O4. The van der Waals surface area contributed by atoms with Gasteiger partial charge in [0.15, 0.2) is 5.03 Å². The lowest BCUT2D eigenvalue weighted by atomic mass is 10.9. The average molecular weight is 235 g/mol. The second kappa shape index (κ2) is 8.73. The summed E-state index contributed by atoms with van der Waals surface area (Å²) in [6.07, 6.45) is 0. The van der Waals surface area contributed by atoms with Crippen LogP contribution in [0.4, 0.5) is 0 Å². The molecule has 13 heteroatoms. The van der Waals surface area contributed by atoms with Gasteiger partial charge in [0.25, 0.3) is 5.96 Å². The first-order valence-corrected chi connectivity index (χ1v) is 3.33. The van der Waals surface area contributed by atoms with Crippen molar-refractivity contribution in [1.82, 2.24) is 10.4 Å². The van der Waals surface area contributed by atoms with Gasteiger partial charge in [-0.05, 0) is 0 Å². The molecule has 0 saturated heterocycles. The molecular weight excluding hydrogens is 226 g/mol. The first-order valence-electron chi connectivity index (χ1n) is 3.33. The van der Waals surface area contributed by atoms with Crippen molar-refractivity contribution >= 4 is 11.9 Å². The number of nitrogens with one attached hydrogen (secondary N) is 2. The van der Waals surface area contributed by atoms with Gasteiger partial charge in [0.1, 0.15) is 0 Å². The van der Waals surface area contributed by atoms with Crippen LogP contribution >= 0.6 is 0 Å². The van der Waals surface area contributed by atoms with Gasteiger partial charge in [-0.2, -0.15) is 5.01 Å². The zero-order chi connectivity index (χ0) is 13.1. The predicted octanol–water partition coefficient (Wildman–Crippen LogP) is -1.74. The highest BCUT2D eigenvalue weighted by molar-refractivity contribution is 5.75. The van der Waals surface area contributed by atoms with Gasteiger partial charge in [0.05, 0.1) is 10.6 Å². The molecule has 16 heavy (non-hydrogen) atoms. The van der Waals surface area contributed by atoms with Gasteiger partial charge < -0.3 is 11.5 Å². The quantitative estimate of drug-likeness (QED) is 0.145. The van der Waals surface area contributed by atoms with Crippen molar-refractivity contribution < 1.29 is 5.03 Å². The van der Waals surface area contributed by atoms with Gasteiger partial charge in [0, 0.05) is 7.05 Å². The largest absolute Gasteiger partial charge is 0.368 e. The van der Waals surface area contributed by atoms with E-state index in [-0.39, 0.29) is 5.96 Å². The molecule has 0 aromatic rings. The number of nitrogens with zero attached hydrogens (tertiary/aromatic N) is 5. The number of rotatable bonds is 3. The highest BCUT2D eigenvalue weighted by Crippen LogP contribution is 1.79. The second-order valence-corrected chi connectivity index (χ2v) is 1.93. The molecule has 0 aliphatic rings. The Balaban J connectivity index is 0. The molecule has 0 heterocycles. The number of hydrazine groups is 1. The Morgan fingerprint density at radius 2 is 2.00 bits per heavy atom. The van der Waals surface area contributed by atoms with Gasteiger partial charge >= 0.3 is 0 Å². The average Bonchev–Trinajstić information content (AvgIpc) is 2.16. The van der Waals surface area contributed by atoms with E-state index in [2.05, 4.69) is 21.9 Å². The zero-order valence-electron chi connectivity index (χ0n) is 8.02. The van der Waals surface area contributed by atoms with E-state index < -0.39 is 11.0 Å². The Kier molecular flexibility index (Phi) is 8.51. The van der Waals surface area contributed by atoms with E-state index in [0.717, 1.165) is 7.05 Å². The van der Waals surface area contributed by atoms with Crippen LogP contribution in [0.1, 0.15) is 0 Å². The predicted molar refractivity (Wildman–Crippen MR) is 53.0 cm³/mol. The van der Waals surface area contributed by atoms with Crippen LogP contribution in [0.5, 0.6) is 0 Å². The summed E-state index contributed by atoms with van der Waals surface area (Å²) in [5.74, 6) is -0.995. The van der Waals surface area contributed by atoms with E-state index in [4.69, 9.17) is 10.3 Å². The SMILES string of the molecule is CN(N=O)C(=N)N[N+](=O)[O-].NC(N)=NN=O. The Hall–Kier alpha value is -2.86. The first kappa shape index (κ1) is 15.6. The van der Waals surface area contributed by atoms with Crippen molar-refractivity contribution in [3.05, 3.63) is 19.9 Å². The topological polar surface area (TPSA) is 206 Å². The molecule has 0 radical (unpaired) electrons. The lowest BCUT2D eigenvalue weighted by molar-refractivity contribution is -0.526. The number of hydrogen-bond donors (Lipinski definition) is 4. The fourth-order valence-corrected chi connectivity index (χ4v) is 0.247. The summed E-state index contributed by atoms with van der Waals surface area (Å²) in [4.78, 5) is 28.2. The molecule has 0 aliphatic carbocycles. The van der Waals surface area contributed by atoms with Crippen LogP contribution in [0.25, 0.3) is 0 Å². The minimum atomic E-state index is -0.954. The molecule has 0 aliphatic heterocycles. The van der Waals surface area contributed by atoms with Crippen molar-refractivity contribution in [3.63, 3.8) is 0 Å². The Labute approximate surface area is 88.0 Å². The van der Waals surface area contributed by atoms with E-state index >= 15 is 0 Å². The minimum Gasteiger partial charge on any atom is -0.368 e. The van der Waals surface area contributed by atoms with Gasteiger partial charge in [-0.25, -0.2) is 10.1 Å². The van der Waals surface area contributed by atoms with Crippen LogP contribution in [0.15, 0.2) is 15.7 Å². The molecule has 0 rings (SSSR count). The third-order valence-corrected chi connectivity index (χ3v) is 0.800. The van der Waals surface area contributed by atoms with Crippen molar-refractivity contribution in [2.24, 2.45) is 27.1 Å². The molecule has 13 nitrogen and oxygen atoms in total. The molecule has 0 bridgehead atoms. The summed E-state index contributed by atoms with van der Waals surface area (Å²) >= 11 is 0. The Bertz CT molecular complexity index is 295. The third kappa shape index (κ3) is 11.1. The summed E-state index contributed by atoms with van der Waals surface area (Å²) in [6, 6.07) is 0. The maximum absolute atomic E-state index is 9.61. The Morgan fingerprint density at radius 3 is 2.19 bits per heavy atom.